The molecule has 0 bridgehead atoms. The number of carbonyl (C=O) groups is 1. The van der Waals surface area contributed by atoms with Crippen molar-refractivity contribution in [1.82, 2.24) is 14.9 Å². The summed E-state index contributed by atoms with van der Waals surface area (Å²) in [5, 5.41) is 11.9. The van der Waals surface area contributed by atoms with Crippen LogP contribution in [0.4, 0.5) is 5.13 Å². The molecule has 2 aromatic carbocycles. The van der Waals surface area contributed by atoms with Crippen molar-refractivity contribution in [1.29, 1.82) is 0 Å². The van der Waals surface area contributed by atoms with Crippen molar-refractivity contribution in [3.63, 3.8) is 0 Å². The Bertz CT molecular complexity index is 1070. The molecule has 1 aromatic heterocycles. The topological polar surface area (TPSA) is 101 Å². The molecular formula is C20H22N4O3S2. The van der Waals surface area contributed by atoms with Gasteiger partial charge in [0, 0.05) is 18.5 Å². The van der Waals surface area contributed by atoms with Gasteiger partial charge >= 0.3 is 0 Å². The van der Waals surface area contributed by atoms with Gasteiger partial charge in [-0.1, -0.05) is 61.1 Å². The molecule has 7 nitrogen and oxygen atoms in total. The summed E-state index contributed by atoms with van der Waals surface area (Å²) >= 11 is 1.29. The fourth-order valence-corrected chi connectivity index (χ4v) is 4.48. The molecule has 152 valence electrons. The molecule has 0 saturated heterocycles. The van der Waals surface area contributed by atoms with E-state index in [4.69, 9.17) is 0 Å². The van der Waals surface area contributed by atoms with E-state index in [9.17, 15) is 13.2 Å². The summed E-state index contributed by atoms with van der Waals surface area (Å²) in [7, 11) is -3.65. The minimum atomic E-state index is -3.65. The van der Waals surface area contributed by atoms with Crippen LogP contribution in [-0.4, -0.2) is 31.1 Å². The molecule has 0 atom stereocenters. The van der Waals surface area contributed by atoms with E-state index in [1.807, 2.05) is 37.3 Å². The summed E-state index contributed by atoms with van der Waals surface area (Å²) in [5.74, 6) is -0.432. The number of benzene rings is 2. The second-order valence-electron chi connectivity index (χ2n) is 6.40. The van der Waals surface area contributed by atoms with Crippen molar-refractivity contribution in [3.8, 4) is 0 Å². The first-order valence-corrected chi connectivity index (χ1v) is 11.6. The van der Waals surface area contributed by atoms with Crippen LogP contribution in [0.1, 0.15) is 40.7 Å². The van der Waals surface area contributed by atoms with Crippen molar-refractivity contribution in [3.05, 3.63) is 70.7 Å². The maximum absolute atomic E-state index is 12.5. The molecule has 29 heavy (non-hydrogen) atoms. The van der Waals surface area contributed by atoms with Crippen LogP contribution < -0.4 is 10.0 Å². The van der Waals surface area contributed by atoms with E-state index in [1.54, 1.807) is 12.1 Å². The number of hydrogen-bond acceptors (Lipinski definition) is 6. The predicted octanol–water partition coefficient (Wildman–Crippen LogP) is 3.46. The van der Waals surface area contributed by atoms with E-state index >= 15 is 0 Å². The standard InChI is InChI=1S/C20H22N4O3S2/c1-2-3-12-21-29(26,27)17-11-7-10-16(14-17)19(25)22-20-24-23-18(28-20)13-15-8-5-4-6-9-15/h4-11,14,21H,2-3,12-13H2,1H3,(H,22,24,25). The molecule has 2 N–H and O–H groups in total. The molecule has 0 aliphatic heterocycles. The molecule has 0 radical (unpaired) electrons. The highest BCUT2D eigenvalue weighted by Crippen LogP contribution is 2.20. The zero-order chi connectivity index (χ0) is 20.7. The molecule has 0 aliphatic carbocycles. The van der Waals surface area contributed by atoms with E-state index in [2.05, 4.69) is 20.2 Å². The summed E-state index contributed by atoms with van der Waals surface area (Å²) < 4.78 is 27.2. The van der Waals surface area contributed by atoms with E-state index in [1.165, 1.54) is 23.5 Å². The van der Waals surface area contributed by atoms with Gasteiger partial charge in [0.2, 0.25) is 15.2 Å². The van der Waals surface area contributed by atoms with E-state index < -0.39 is 15.9 Å². The third kappa shape index (κ3) is 5.93. The first-order valence-electron chi connectivity index (χ1n) is 9.25. The van der Waals surface area contributed by atoms with Gasteiger partial charge in [0.05, 0.1) is 4.90 Å². The van der Waals surface area contributed by atoms with Crippen LogP contribution in [0.25, 0.3) is 0 Å². The molecule has 0 spiro atoms. The van der Waals surface area contributed by atoms with Crippen molar-refractivity contribution >= 4 is 32.4 Å². The minimum Gasteiger partial charge on any atom is -0.296 e. The van der Waals surface area contributed by atoms with Gasteiger partial charge in [-0.05, 0) is 30.2 Å². The Balaban J connectivity index is 1.67. The van der Waals surface area contributed by atoms with Gasteiger partial charge in [0.15, 0.2) is 0 Å². The number of anilines is 1. The monoisotopic (exact) mass is 430 g/mol. The highest BCUT2D eigenvalue weighted by molar-refractivity contribution is 7.89. The molecule has 9 heteroatoms. The van der Waals surface area contributed by atoms with Gasteiger partial charge in [-0.15, -0.1) is 10.2 Å². The minimum absolute atomic E-state index is 0.0586. The van der Waals surface area contributed by atoms with Crippen LogP contribution >= 0.6 is 11.3 Å². The average Bonchev–Trinajstić information content (AvgIpc) is 3.15. The molecule has 0 saturated carbocycles. The van der Waals surface area contributed by atoms with Crippen LogP contribution in [0.2, 0.25) is 0 Å². The van der Waals surface area contributed by atoms with Crippen LogP contribution in [0.3, 0.4) is 0 Å². The Kier molecular flexibility index (Phi) is 7.08. The highest BCUT2D eigenvalue weighted by Gasteiger charge is 2.17. The van der Waals surface area contributed by atoms with Gasteiger partial charge in [-0.2, -0.15) is 0 Å². The number of unbranched alkanes of at least 4 members (excludes halogenated alkanes) is 1. The summed E-state index contributed by atoms with van der Waals surface area (Å²) in [5.41, 5.74) is 1.35. The third-order valence-corrected chi connectivity index (χ3v) is 6.41. The smallest absolute Gasteiger partial charge is 0.257 e. The number of hydrogen-bond donors (Lipinski definition) is 2. The molecule has 1 heterocycles. The van der Waals surface area contributed by atoms with Crippen molar-refractivity contribution < 1.29 is 13.2 Å². The fourth-order valence-electron chi connectivity index (χ4n) is 2.59. The third-order valence-electron chi connectivity index (χ3n) is 4.11. The summed E-state index contributed by atoms with van der Waals surface area (Å²) in [6.45, 7) is 2.35. The normalized spacial score (nSPS) is 11.3. The van der Waals surface area contributed by atoms with E-state index in [-0.39, 0.29) is 10.5 Å². The lowest BCUT2D eigenvalue weighted by Gasteiger charge is -2.08. The van der Waals surface area contributed by atoms with E-state index in [0.29, 0.717) is 18.1 Å². The Morgan fingerprint density at radius 2 is 1.86 bits per heavy atom. The molecule has 0 unspecified atom stereocenters. The quantitative estimate of drug-likeness (QED) is 0.506. The van der Waals surface area contributed by atoms with E-state index in [0.717, 1.165) is 23.4 Å². The average molecular weight is 431 g/mol. The second kappa shape index (κ2) is 9.73. The number of nitrogens with zero attached hydrogens (tertiary/aromatic N) is 2. The maximum Gasteiger partial charge on any atom is 0.257 e. The van der Waals surface area contributed by atoms with Gasteiger partial charge in [-0.25, -0.2) is 13.1 Å². The van der Waals surface area contributed by atoms with Crippen LogP contribution in [0.5, 0.6) is 0 Å². The van der Waals surface area contributed by atoms with Crippen LogP contribution in [0.15, 0.2) is 59.5 Å². The van der Waals surface area contributed by atoms with Crippen LogP contribution in [-0.2, 0) is 16.4 Å². The van der Waals surface area contributed by atoms with Crippen molar-refractivity contribution in [2.75, 3.05) is 11.9 Å². The predicted molar refractivity (Wildman–Crippen MR) is 114 cm³/mol. The SMILES string of the molecule is CCCCNS(=O)(=O)c1cccc(C(=O)Nc2nnc(Cc3ccccc3)s2)c1. The Morgan fingerprint density at radius 3 is 2.62 bits per heavy atom. The lowest BCUT2D eigenvalue weighted by molar-refractivity contribution is 0.102. The molecule has 0 fully saturated rings. The van der Waals surface area contributed by atoms with Crippen LogP contribution in [0, 0.1) is 0 Å². The molecular weight excluding hydrogens is 408 g/mol. The van der Waals surface area contributed by atoms with Gasteiger partial charge in [-0.3, -0.25) is 10.1 Å². The zero-order valence-electron chi connectivity index (χ0n) is 16.0. The lowest BCUT2D eigenvalue weighted by atomic mass is 10.2. The number of carbonyl (C=O) groups excluding carboxylic acids is 1. The van der Waals surface area contributed by atoms with Gasteiger partial charge < -0.3 is 0 Å². The number of sulfonamides is 1. The molecule has 3 aromatic rings. The maximum atomic E-state index is 12.5. The summed E-state index contributed by atoms with van der Waals surface area (Å²) in [4.78, 5) is 12.6. The molecule has 1 amide bonds. The first kappa shape index (κ1) is 21.1. The Hall–Kier alpha value is -2.62. The highest BCUT2D eigenvalue weighted by atomic mass is 32.2. The van der Waals surface area contributed by atoms with Gasteiger partial charge in [0.1, 0.15) is 5.01 Å². The second-order valence-corrected chi connectivity index (χ2v) is 9.23. The summed E-state index contributed by atoms with van der Waals surface area (Å²) in [6, 6.07) is 15.8. The number of rotatable bonds is 9. The fraction of sp³-hybridized carbons (Fsp3) is 0.250. The largest absolute Gasteiger partial charge is 0.296 e. The van der Waals surface area contributed by atoms with Gasteiger partial charge in [0.25, 0.3) is 5.91 Å². The molecule has 0 aliphatic rings. The Labute approximate surface area is 174 Å². The van der Waals surface area contributed by atoms with Crippen molar-refractivity contribution in [2.45, 2.75) is 31.1 Å². The number of aromatic nitrogens is 2. The first-order chi connectivity index (χ1) is 14.0. The number of amides is 1. The number of nitrogens with one attached hydrogen (secondary N) is 2. The zero-order valence-corrected chi connectivity index (χ0v) is 17.6. The molecule has 3 rings (SSSR count). The van der Waals surface area contributed by atoms with Crippen molar-refractivity contribution in [2.24, 2.45) is 0 Å². The summed E-state index contributed by atoms with van der Waals surface area (Å²) in [6.07, 6.45) is 2.27. The Morgan fingerprint density at radius 1 is 1.07 bits per heavy atom. The lowest BCUT2D eigenvalue weighted by Crippen LogP contribution is -2.25.